The number of aliphatic carboxylic acids is 1. The van der Waals surface area contributed by atoms with Crippen molar-refractivity contribution in [2.24, 2.45) is 0 Å². The van der Waals surface area contributed by atoms with Gasteiger partial charge in [-0.1, -0.05) is 121 Å². The van der Waals surface area contributed by atoms with Crippen LogP contribution in [0, 0.1) is 0 Å². The van der Waals surface area contributed by atoms with E-state index in [4.69, 9.17) is 14.2 Å². The number of rotatable bonds is 31. The van der Waals surface area contributed by atoms with E-state index in [0.29, 0.717) is 12.8 Å². The molecule has 266 valence electrons. The second-order valence-corrected chi connectivity index (χ2v) is 13.1. The first-order valence-electron chi connectivity index (χ1n) is 18.0. The van der Waals surface area contributed by atoms with Gasteiger partial charge in [-0.05, 0) is 32.1 Å². The van der Waals surface area contributed by atoms with Gasteiger partial charge in [0.25, 0.3) is 0 Å². The normalized spacial score (nSPS) is 13.5. The van der Waals surface area contributed by atoms with Gasteiger partial charge in [0.05, 0.1) is 40.3 Å². The smallest absolute Gasteiger partial charge is 0.306 e. The predicted molar refractivity (Wildman–Crippen MR) is 185 cm³/mol. The lowest BCUT2D eigenvalue weighted by Crippen LogP contribution is -2.55. The maximum atomic E-state index is 12.6. The minimum Gasteiger partial charge on any atom is -0.544 e. The molecule has 0 radical (unpaired) electrons. The molecular formula is C38H67NO7. The summed E-state index contributed by atoms with van der Waals surface area (Å²) in [4.78, 5) is 36.5. The van der Waals surface area contributed by atoms with E-state index in [2.05, 4.69) is 38.2 Å². The topological polar surface area (TPSA) is 102 Å². The molecule has 8 heteroatoms. The summed E-state index contributed by atoms with van der Waals surface area (Å²) >= 11 is 0. The second-order valence-electron chi connectivity index (χ2n) is 13.1. The fourth-order valence-corrected chi connectivity index (χ4v) is 5.01. The van der Waals surface area contributed by atoms with Crippen molar-refractivity contribution in [1.82, 2.24) is 0 Å². The van der Waals surface area contributed by atoms with E-state index in [0.717, 1.165) is 64.2 Å². The number of likely N-dealkylation sites (N-methyl/N-ethyl adjacent to an activating group) is 1. The highest BCUT2D eigenvalue weighted by molar-refractivity contribution is 5.70. The van der Waals surface area contributed by atoms with Gasteiger partial charge in [-0.25, -0.2) is 0 Å². The van der Waals surface area contributed by atoms with Gasteiger partial charge in [0.15, 0.2) is 6.10 Å². The summed E-state index contributed by atoms with van der Waals surface area (Å²) in [7, 11) is 5.38. The quantitative estimate of drug-likeness (QED) is 0.0334. The van der Waals surface area contributed by atoms with Gasteiger partial charge in [-0.15, -0.1) is 0 Å². The average molecular weight is 650 g/mol. The molecule has 0 bridgehead atoms. The van der Waals surface area contributed by atoms with Crippen molar-refractivity contribution in [2.45, 2.75) is 148 Å². The number of carboxylic acid groups (broad SMARTS) is 1. The lowest BCUT2D eigenvalue weighted by Gasteiger charge is -2.34. The highest BCUT2D eigenvalue weighted by atomic mass is 16.6. The minimum absolute atomic E-state index is 0.0333. The number of carbonyl (C=O) groups excluding carboxylic acids is 3. The van der Waals surface area contributed by atoms with Crippen LogP contribution in [0.5, 0.6) is 0 Å². The van der Waals surface area contributed by atoms with Crippen LogP contribution in [0.1, 0.15) is 136 Å². The first-order valence-corrected chi connectivity index (χ1v) is 18.0. The van der Waals surface area contributed by atoms with Crippen molar-refractivity contribution in [3.8, 4) is 0 Å². The second kappa shape index (κ2) is 29.9. The molecule has 0 amide bonds. The predicted octanol–water partition coefficient (Wildman–Crippen LogP) is 7.40. The van der Waals surface area contributed by atoms with E-state index in [-0.39, 0.29) is 42.7 Å². The van der Waals surface area contributed by atoms with Crippen molar-refractivity contribution in [3.05, 3.63) is 36.5 Å². The zero-order valence-electron chi connectivity index (χ0n) is 30.0. The van der Waals surface area contributed by atoms with Crippen LogP contribution >= 0.6 is 0 Å². The summed E-state index contributed by atoms with van der Waals surface area (Å²) < 4.78 is 17.0. The van der Waals surface area contributed by atoms with Crippen molar-refractivity contribution in [3.63, 3.8) is 0 Å². The summed E-state index contributed by atoms with van der Waals surface area (Å²) in [5.41, 5.74) is 0. The molecule has 0 N–H and O–H groups in total. The van der Waals surface area contributed by atoms with E-state index in [9.17, 15) is 19.5 Å². The first kappa shape index (κ1) is 43.5. The first-order chi connectivity index (χ1) is 22.1. The lowest BCUT2D eigenvalue weighted by atomic mass is 10.1. The van der Waals surface area contributed by atoms with Gasteiger partial charge < -0.3 is 28.6 Å². The molecule has 2 atom stereocenters. The molecule has 46 heavy (non-hydrogen) atoms. The number of quaternary nitrogens is 1. The number of carbonyl (C=O) groups is 3. The molecule has 0 aromatic carbocycles. The SMILES string of the molecule is CC/C=C/C=C/C=C/CCCCCCCC(=O)OC(COCCC(C(=O)[O-])[N+](C)(C)C)COC(=O)CCCCCCCCCCC. The zero-order valence-corrected chi connectivity index (χ0v) is 30.0. The molecule has 0 aromatic rings. The number of nitrogens with zero attached hydrogens (tertiary/aromatic N) is 1. The van der Waals surface area contributed by atoms with Gasteiger partial charge in [0, 0.05) is 19.3 Å². The van der Waals surface area contributed by atoms with Gasteiger partial charge in [0.2, 0.25) is 0 Å². The summed E-state index contributed by atoms with van der Waals surface area (Å²) in [5.74, 6) is -1.77. The molecule has 0 saturated carbocycles. The van der Waals surface area contributed by atoms with Crippen LogP contribution in [-0.2, 0) is 28.6 Å². The number of allylic oxidation sites excluding steroid dienone is 6. The van der Waals surface area contributed by atoms with Crippen molar-refractivity contribution < 1.29 is 38.2 Å². The molecule has 0 aromatic heterocycles. The fraction of sp³-hybridized carbons (Fsp3) is 0.763. The molecule has 0 aliphatic heterocycles. The Labute approximate surface area is 281 Å². The summed E-state index contributed by atoms with van der Waals surface area (Å²) in [6.07, 6.45) is 30.3. The zero-order chi connectivity index (χ0) is 34.3. The van der Waals surface area contributed by atoms with E-state index in [1.54, 1.807) is 21.1 Å². The Morgan fingerprint density at radius 1 is 0.674 bits per heavy atom. The third kappa shape index (κ3) is 27.8. The molecule has 0 heterocycles. The molecule has 2 unspecified atom stereocenters. The molecular weight excluding hydrogens is 582 g/mol. The van der Waals surface area contributed by atoms with Crippen LogP contribution < -0.4 is 5.11 Å². The Balaban J connectivity index is 4.49. The van der Waals surface area contributed by atoms with Crippen LogP contribution in [0.15, 0.2) is 36.5 Å². The molecule has 0 saturated heterocycles. The Bertz CT molecular complexity index is 860. The van der Waals surface area contributed by atoms with Crippen molar-refractivity contribution in [2.75, 3.05) is 41.0 Å². The number of carboxylic acids is 1. The Morgan fingerprint density at radius 2 is 1.22 bits per heavy atom. The van der Waals surface area contributed by atoms with Crippen LogP contribution in [0.3, 0.4) is 0 Å². The number of ether oxygens (including phenoxy) is 3. The monoisotopic (exact) mass is 649 g/mol. The maximum absolute atomic E-state index is 12.6. The number of hydrogen-bond donors (Lipinski definition) is 0. The number of esters is 2. The average Bonchev–Trinajstić information content (AvgIpc) is 3.00. The standard InChI is InChI=1S/C38H67NO7/c1-6-8-10-12-14-16-17-18-19-21-23-25-27-29-37(41)46-34(32-44-31-30-35(38(42)43)39(3,4)5)33-45-36(40)28-26-24-22-20-15-13-11-9-7-2/h8,10,12,14,16-17,34-35H,6-7,9,11,13,15,18-33H2,1-5H3/b10-8+,14-12+,17-16+. The third-order valence-electron chi connectivity index (χ3n) is 7.85. The largest absolute Gasteiger partial charge is 0.544 e. The van der Waals surface area contributed by atoms with Crippen LogP contribution in [-0.4, -0.2) is 75.5 Å². The van der Waals surface area contributed by atoms with E-state index >= 15 is 0 Å². The Hall–Kier alpha value is -2.45. The van der Waals surface area contributed by atoms with E-state index < -0.39 is 18.1 Å². The van der Waals surface area contributed by atoms with E-state index in [1.165, 1.54) is 38.5 Å². The van der Waals surface area contributed by atoms with Gasteiger partial charge in [0.1, 0.15) is 12.6 Å². The molecule has 8 nitrogen and oxygen atoms in total. The van der Waals surface area contributed by atoms with Crippen LogP contribution in [0.4, 0.5) is 0 Å². The van der Waals surface area contributed by atoms with Crippen molar-refractivity contribution >= 4 is 17.9 Å². The minimum atomic E-state index is -1.13. The van der Waals surface area contributed by atoms with Gasteiger partial charge in [-0.2, -0.15) is 0 Å². The Morgan fingerprint density at radius 3 is 1.78 bits per heavy atom. The van der Waals surface area contributed by atoms with Crippen LogP contribution in [0.25, 0.3) is 0 Å². The highest BCUT2D eigenvalue weighted by Crippen LogP contribution is 2.13. The molecule has 0 fully saturated rings. The highest BCUT2D eigenvalue weighted by Gasteiger charge is 2.25. The van der Waals surface area contributed by atoms with Crippen molar-refractivity contribution in [1.29, 1.82) is 0 Å². The summed E-state index contributed by atoms with van der Waals surface area (Å²) in [6, 6.07) is -0.726. The molecule has 0 spiro atoms. The molecule has 0 rings (SSSR count). The third-order valence-corrected chi connectivity index (χ3v) is 7.85. The summed E-state index contributed by atoms with van der Waals surface area (Å²) in [5, 5.41) is 11.5. The van der Waals surface area contributed by atoms with Gasteiger partial charge >= 0.3 is 11.9 Å². The Kier molecular flexibility index (Phi) is 28.3. The lowest BCUT2D eigenvalue weighted by molar-refractivity contribution is -0.889. The maximum Gasteiger partial charge on any atom is 0.306 e. The van der Waals surface area contributed by atoms with E-state index in [1.807, 2.05) is 12.2 Å². The fourth-order valence-electron chi connectivity index (χ4n) is 5.01. The number of unbranched alkanes of at least 4 members (excludes halogenated alkanes) is 13. The molecule has 0 aliphatic carbocycles. The molecule has 0 aliphatic rings. The summed E-state index contributed by atoms with van der Waals surface area (Å²) in [6.45, 7) is 4.46. The van der Waals surface area contributed by atoms with Crippen LogP contribution in [0.2, 0.25) is 0 Å². The number of hydrogen-bond acceptors (Lipinski definition) is 7. The van der Waals surface area contributed by atoms with Gasteiger partial charge in [-0.3, -0.25) is 9.59 Å².